The molecule has 1 atom stereocenters. The molecule has 3 heterocycles. The molecule has 0 fully saturated rings. The Balaban J connectivity index is 2.15. The van der Waals surface area contributed by atoms with Crippen LogP contribution in [0.2, 0.25) is 0 Å². The number of alkyl halides is 3. The van der Waals surface area contributed by atoms with Gasteiger partial charge in [0.05, 0.1) is 27.7 Å². The van der Waals surface area contributed by atoms with E-state index in [0.717, 1.165) is 17.4 Å². The van der Waals surface area contributed by atoms with Crippen LogP contribution in [0.25, 0.3) is 21.5 Å². The molecule has 27 heavy (non-hydrogen) atoms. The molecule has 0 amide bonds. The minimum atomic E-state index is -4.64. The summed E-state index contributed by atoms with van der Waals surface area (Å²) in [5.74, 6) is 0.242. The molecule has 0 aliphatic rings. The smallest absolute Gasteiger partial charge is 0.396 e. The minimum absolute atomic E-state index is 0.0772. The minimum Gasteiger partial charge on any atom is -0.396 e. The Morgan fingerprint density at radius 2 is 2.00 bits per heavy atom. The number of ether oxygens (including phenoxy) is 1. The number of rotatable bonds is 6. The third-order valence-electron chi connectivity index (χ3n) is 3.71. The lowest BCUT2D eigenvalue weighted by molar-refractivity contribution is -0.136. The number of aromatic nitrogens is 3. The van der Waals surface area contributed by atoms with Gasteiger partial charge in [-0.25, -0.2) is 15.0 Å². The van der Waals surface area contributed by atoms with Crippen LogP contribution in [0.15, 0.2) is 29.0 Å². The molecule has 0 saturated heterocycles. The van der Waals surface area contributed by atoms with Gasteiger partial charge in [-0.2, -0.15) is 13.2 Å². The highest BCUT2D eigenvalue weighted by atomic mass is 32.2. The highest BCUT2D eigenvalue weighted by Gasteiger charge is 2.36. The summed E-state index contributed by atoms with van der Waals surface area (Å²) in [7, 11) is -0.0149. The predicted octanol–water partition coefficient (Wildman–Crippen LogP) is 3.50. The normalized spacial score (nSPS) is 13.2. The average molecular weight is 416 g/mol. The molecular formula is C16H15F3N4O2S2. The second-order valence-corrected chi connectivity index (χ2v) is 8.32. The number of thiophene rings is 1. The fourth-order valence-corrected chi connectivity index (χ4v) is 5.12. The number of pyridine rings is 1. The standard InChI is InChI=1S/C16H15F3N4O2S2/c1-25-3-2-4-27(24)15-13(20)12-10(16(17,18)19)5-11(23-14(12)26-15)9-6-21-8-22-7-9/h5-8H,2-4,20H2,1H3. The van der Waals surface area contributed by atoms with Gasteiger partial charge in [0.25, 0.3) is 0 Å². The summed E-state index contributed by atoms with van der Waals surface area (Å²) in [6.07, 6.45) is -0.111. The van der Waals surface area contributed by atoms with E-state index < -0.39 is 22.5 Å². The Morgan fingerprint density at radius 3 is 2.63 bits per heavy atom. The summed E-state index contributed by atoms with van der Waals surface area (Å²) in [6.45, 7) is 0.404. The Bertz CT molecular complexity index is 977. The quantitative estimate of drug-likeness (QED) is 0.619. The molecule has 3 aromatic heterocycles. The fraction of sp³-hybridized carbons (Fsp3) is 0.312. The summed E-state index contributed by atoms with van der Waals surface area (Å²) in [6, 6.07) is 0.918. The number of halogens is 3. The number of hydrogen-bond donors (Lipinski definition) is 1. The summed E-state index contributed by atoms with van der Waals surface area (Å²) in [5, 5.41) is -0.219. The van der Waals surface area contributed by atoms with Gasteiger partial charge >= 0.3 is 6.18 Å². The van der Waals surface area contributed by atoms with Gasteiger partial charge < -0.3 is 10.5 Å². The van der Waals surface area contributed by atoms with E-state index in [4.69, 9.17) is 10.5 Å². The molecule has 0 radical (unpaired) electrons. The molecule has 0 spiro atoms. The van der Waals surface area contributed by atoms with E-state index in [1.54, 1.807) is 0 Å². The van der Waals surface area contributed by atoms with Crippen molar-refractivity contribution in [3.63, 3.8) is 0 Å². The van der Waals surface area contributed by atoms with E-state index in [1.165, 1.54) is 25.8 Å². The maximum absolute atomic E-state index is 13.7. The zero-order valence-electron chi connectivity index (χ0n) is 14.1. The average Bonchev–Trinajstić information content (AvgIpc) is 2.98. The zero-order chi connectivity index (χ0) is 19.6. The Kier molecular flexibility index (Phi) is 5.72. The van der Waals surface area contributed by atoms with Crippen LogP contribution in [-0.4, -0.2) is 38.6 Å². The number of methoxy groups -OCH3 is 1. The van der Waals surface area contributed by atoms with Crippen molar-refractivity contribution in [1.82, 2.24) is 15.0 Å². The van der Waals surface area contributed by atoms with Crippen molar-refractivity contribution in [2.45, 2.75) is 16.8 Å². The first-order valence-electron chi connectivity index (χ1n) is 7.75. The van der Waals surface area contributed by atoms with Crippen molar-refractivity contribution < 1.29 is 22.1 Å². The Hall–Kier alpha value is -2.11. The molecule has 2 N–H and O–H groups in total. The monoisotopic (exact) mass is 416 g/mol. The first-order chi connectivity index (χ1) is 12.8. The van der Waals surface area contributed by atoms with Crippen LogP contribution in [-0.2, 0) is 21.7 Å². The topological polar surface area (TPSA) is 91.0 Å². The number of nitrogens with two attached hydrogens (primary N) is 1. The lowest BCUT2D eigenvalue weighted by atomic mass is 10.1. The van der Waals surface area contributed by atoms with Crippen LogP contribution in [0.4, 0.5) is 18.9 Å². The molecule has 6 nitrogen and oxygen atoms in total. The first-order valence-corrected chi connectivity index (χ1v) is 9.89. The van der Waals surface area contributed by atoms with Gasteiger partial charge in [-0.05, 0) is 12.5 Å². The number of hydrogen-bond acceptors (Lipinski definition) is 7. The van der Waals surface area contributed by atoms with E-state index in [0.29, 0.717) is 18.6 Å². The van der Waals surface area contributed by atoms with Gasteiger partial charge in [0, 0.05) is 42.8 Å². The lowest BCUT2D eigenvalue weighted by Crippen LogP contribution is -2.08. The van der Waals surface area contributed by atoms with Crippen LogP contribution in [0.1, 0.15) is 12.0 Å². The van der Waals surface area contributed by atoms with Crippen molar-refractivity contribution in [1.29, 1.82) is 0 Å². The zero-order valence-corrected chi connectivity index (χ0v) is 15.7. The van der Waals surface area contributed by atoms with Crippen LogP contribution in [0, 0.1) is 0 Å². The van der Waals surface area contributed by atoms with E-state index in [9.17, 15) is 17.4 Å². The summed E-state index contributed by atoms with van der Waals surface area (Å²) in [5.41, 5.74) is 5.32. The molecule has 0 saturated carbocycles. The van der Waals surface area contributed by atoms with Crippen molar-refractivity contribution in [2.24, 2.45) is 0 Å². The number of anilines is 1. The van der Waals surface area contributed by atoms with Crippen molar-refractivity contribution >= 4 is 38.0 Å². The van der Waals surface area contributed by atoms with Crippen LogP contribution < -0.4 is 5.73 Å². The molecule has 0 aliphatic carbocycles. The van der Waals surface area contributed by atoms with E-state index in [1.807, 2.05) is 0 Å². The van der Waals surface area contributed by atoms with Crippen LogP contribution in [0.3, 0.4) is 0 Å². The van der Waals surface area contributed by atoms with Gasteiger partial charge in [-0.3, -0.25) is 4.21 Å². The van der Waals surface area contributed by atoms with Gasteiger partial charge in [0.1, 0.15) is 15.4 Å². The lowest BCUT2D eigenvalue weighted by Gasteiger charge is -2.11. The van der Waals surface area contributed by atoms with Crippen LogP contribution in [0.5, 0.6) is 0 Å². The number of nitrogens with zero attached hydrogens (tertiary/aromatic N) is 3. The van der Waals surface area contributed by atoms with Gasteiger partial charge in [0.2, 0.25) is 0 Å². The molecule has 1 unspecified atom stereocenters. The molecule has 0 aliphatic heterocycles. The highest BCUT2D eigenvalue weighted by molar-refractivity contribution is 7.87. The van der Waals surface area contributed by atoms with Gasteiger partial charge in [-0.1, -0.05) is 0 Å². The molecule has 144 valence electrons. The third-order valence-corrected chi connectivity index (χ3v) is 6.71. The van der Waals surface area contributed by atoms with Crippen molar-refractivity contribution in [3.8, 4) is 11.3 Å². The van der Waals surface area contributed by atoms with E-state index >= 15 is 0 Å². The largest absolute Gasteiger partial charge is 0.417 e. The second-order valence-electron chi connectivity index (χ2n) is 5.56. The molecule has 0 aromatic carbocycles. The molecule has 3 rings (SSSR count). The SMILES string of the molecule is COCCCS(=O)c1sc2nc(-c3cncnc3)cc(C(F)(F)F)c2c1N. The Morgan fingerprint density at radius 1 is 1.30 bits per heavy atom. The van der Waals surface area contributed by atoms with Crippen molar-refractivity contribution in [3.05, 3.63) is 30.4 Å². The highest BCUT2D eigenvalue weighted by Crippen LogP contribution is 2.44. The molecule has 11 heteroatoms. The molecular weight excluding hydrogens is 401 g/mol. The summed E-state index contributed by atoms with van der Waals surface area (Å²) < 4.78 is 58.5. The molecule has 0 bridgehead atoms. The molecule has 3 aromatic rings. The maximum Gasteiger partial charge on any atom is 0.417 e. The van der Waals surface area contributed by atoms with Crippen molar-refractivity contribution in [2.75, 3.05) is 25.2 Å². The number of nitrogen functional groups attached to an aromatic ring is 1. The first kappa shape index (κ1) is 19.6. The van der Waals surface area contributed by atoms with Crippen LogP contribution >= 0.6 is 11.3 Å². The third kappa shape index (κ3) is 4.09. The maximum atomic E-state index is 13.7. The van der Waals surface area contributed by atoms with Gasteiger partial charge in [0.15, 0.2) is 0 Å². The predicted molar refractivity (Wildman–Crippen MR) is 97.8 cm³/mol. The van der Waals surface area contributed by atoms with E-state index in [2.05, 4.69) is 15.0 Å². The van der Waals surface area contributed by atoms with E-state index in [-0.39, 0.29) is 31.6 Å². The van der Waals surface area contributed by atoms with Gasteiger partial charge in [-0.15, -0.1) is 11.3 Å². The summed E-state index contributed by atoms with van der Waals surface area (Å²) >= 11 is 0.911. The second kappa shape index (κ2) is 7.87. The number of fused-ring (bicyclic) bond motifs is 1. The Labute approximate surface area is 159 Å². The summed E-state index contributed by atoms with van der Waals surface area (Å²) in [4.78, 5) is 12.0. The fourth-order valence-electron chi connectivity index (χ4n) is 2.50.